The fourth-order valence-corrected chi connectivity index (χ4v) is 6.18. The third-order valence-corrected chi connectivity index (χ3v) is 8.64. The molecule has 1 saturated carbocycles. The Kier molecular flexibility index (Phi) is 11.2. The monoisotopic (exact) mass is 656 g/mol. The van der Waals surface area contributed by atoms with Crippen molar-refractivity contribution in [2.75, 3.05) is 19.8 Å². The van der Waals surface area contributed by atoms with Crippen molar-refractivity contribution < 1.29 is 40.6 Å². The Bertz CT molecular complexity index is 1630. The molecule has 0 unspecified atom stereocenters. The first-order chi connectivity index (χ1) is 22.6. The highest BCUT2D eigenvalue weighted by molar-refractivity contribution is 5.71. The molecule has 250 valence electrons. The van der Waals surface area contributed by atoms with Crippen LogP contribution in [0.15, 0.2) is 72.8 Å². The number of hydrogen-bond donors (Lipinski definition) is 0. The van der Waals surface area contributed by atoms with Crippen molar-refractivity contribution >= 4 is 0 Å². The molecule has 0 aliphatic heterocycles. The average molecular weight is 657 g/mol. The summed E-state index contributed by atoms with van der Waals surface area (Å²) >= 11 is 0. The maximum absolute atomic E-state index is 15.3. The molecule has 47 heavy (non-hydrogen) atoms. The molecule has 0 spiro atoms. The molecule has 0 aromatic heterocycles. The van der Waals surface area contributed by atoms with Crippen LogP contribution in [-0.2, 0) is 10.8 Å². The number of benzene rings is 4. The zero-order valence-corrected chi connectivity index (χ0v) is 26.4. The van der Waals surface area contributed by atoms with Crippen molar-refractivity contribution in [3.05, 3.63) is 107 Å². The second-order valence-electron chi connectivity index (χ2n) is 11.9. The molecule has 0 bridgehead atoms. The topological polar surface area (TPSA) is 27.7 Å². The molecule has 0 saturated heterocycles. The summed E-state index contributed by atoms with van der Waals surface area (Å²) in [7, 11) is 0. The number of halogens is 6. The summed E-state index contributed by atoms with van der Waals surface area (Å²) in [5, 5.41) is 0. The molecule has 3 nitrogen and oxygen atoms in total. The normalized spacial score (nSPS) is 16.7. The lowest BCUT2D eigenvalue weighted by Crippen LogP contribution is -2.25. The van der Waals surface area contributed by atoms with Gasteiger partial charge >= 0.3 is 6.11 Å². The predicted octanol–water partition coefficient (Wildman–Crippen LogP) is 11.2. The summed E-state index contributed by atoms with van der Waals surface area (Å²) in [4.78, 5) is 0. The van der Waals surface area contributed by atoms with Crippen LogP contribution in [0.1, 0.15) is 69.4 Å². The quantitative estimate of drug-likeness (QED) is 0.106. The van der Waals surface area contributed by atoms with Crippen LogP contribution in [-0.4, -0.2) is 19.8 Å². The average Bonchev–Trinajstić information content (AvgIpc) is 3.04. The summed E-state index contributed by atoms with van der Waals surface area (Å²) < 4.78 is 104. The standard InChI is InChI=1S/C38H38F6O3/c1-3-18-45-19-17-24-5-7-25(8-6-24)26-9-11-27(12-10-26)28-13-15-31(32(39)20-28)29-21-34(41)37(35(42)22-29)38(43,44)47-30-14-16-36(46-4-2)33(40)23-30/h9-16,20-25H,3-8,17-19H2,1-2H3. The summed E-state index contributed by atoms with van der Waals surface area (Å²) in [6.07, 6.45) is 2.21. The lowest BCUT2D eigenvalue weighted by atomic mass is 9.77. The molecule has 0 heterocycles. The molecule has 0 radical (unpaired) electrons. The third kappa shape index (κ3) is 8.30. The summed E-state index contributed by atoms with van der Waals surface area (Å²) in [5.74, 6) is -4.72. The first-order valence-corrected chi connectivity index (χ1v) is 16.1. The van der Waals surface area contributed by atoms with Crippen LogP contribution in [0.2, 0.25) is 0 Å². The first-order valence-electron chi connectivity index (χ1n) is 16.1. The van der Waals surface area contributed by atoms with Crippen LogP contribution in [0.4, 0.5) is 26.3 Å². The molecular weight excluding hydrogens is 618 g/mol. The van der Waals surface area contributed by atoms with Crippen molar-refractivity contribution in [1.29, 1.82) is 0 Å². The van der Waals surface area contributed by atoms with Crippen LogP contribution in [0.3, 0.4) is 0 Å². The summed E-state index contributed by atoms with van der Waals surface area (Å²) in [6, 6.07) is 16.1. The van der Waals surface area contributed by atoms with Crippen LogP contribution in [0, 0.1) is 29.2 Å². The lowest BCUT2D eigenvalue weighted by Gasteiger charge is -2.29. The zero-order valence-electron chi connectivity index (χ0n) is 26.4. The molecule has 4 aromatic carbocycles. The second-order valence-corrected chi connectivity index (χ2v) is 11.9. The Morgan fingerprint density at radius 3 is 1.96 bits per heavy atom. The van der Waals surface area contributed by atoms with Gasteiger partial charge in [-0.15, -0.1) is 0 Å². The van der Waals surface area contributed by atoms with Gasteiger partial charge in [0, 0.05) is 24.8 Å². The van der Waals surface area contributed by atoms with Crippen molar-refractivity contribution in [2.24, 2.45) is 5.92 Å². The van der Waals surface area contributed by atoms with Gasteiger partial charge in [-0.05, 0) is 110 Å². The minimum atomic E-state index is -4.50. The molecular formula is C38H38F6O3. The maximum Gasteiger partial charge on any atom is 0.432 e. The number of hydrogen-bond acceptors (Lipinski definition) is 3. The minimum Gasteiger partial charge on any atom is -0.491 e. The van der Waals surface area contributed by atoms with Gasteiger partial charge in [-0.25, -0.2) is 17.6 Å². The van der Waals surface area contributed by atoms with E-state index in [1.807, 2.05) is 12.1 Å². The summed E-state index contributed by atoms with van der Waals surface area (Å²) in [6.45, 7) is 5.50. The molecule has 1 fully saturated rings. The van der Waals surface area contributed by atoms with E-state index in [1.165, 1.54) is 30.5 Å². The van der Waals surface area contributed by atoms with Gasteiger partial charge in [0.2, 0.25) is 0 Å². The van der Waals surface area contributed by atoms with Crippen LogP contribution < -0.4 is 9.47 Å². The molecule has 1 aliphatic carbocycles. The fraction of sp³-hybridized carbons (Fsp3) is 0.368. The van der Waals surface area contributed by atoms with E-state index in [0.717, 1.165) is 56.6 Å². The van der Waals surface area contributed by atoms with Crippen LogP contribution in [0.25, 0.3) is 22.3 Å². The van der Waals surface area contributed by atoms with E-state index in [1.54, 1.807) is 13.0 Å². The van der Waals surface area contributed by atoms with Gasteiger partial charge in [-0.3, -0.25) is 0 Å². The summed E-state index contributed by atoms with van der Waals surface area (Å²) in [5.41, 5.74) is 0.473. The molecule has 0 N–H and O–H groups in total. The van der Waals surface area contributed by atoms with E-state index in [9.17, 15) is 22.0 Å². The SMILES string of the molecule is CCCOCCC1CCC(c2ccc(-c3ccc(-c4cc(F)c(C(F)(F)Oc5ccc(OCC)c(F)c5)c(F)c4)c(F)c3)cc2)CC1. The molecule has 0 amide bonds. The van der Waals surface area contributed by atoms with Crippen molar-refractivity contribution in [1.82, 2.24) is 0 Å². The van der Waals surface area contributed by atoms with E-state index >= 15 is 4.39 Å². The van der Waals surface area contributed by atoms with Gasteiger partial charge in [0.05, 0.1) is 6.61 Å². The van der Waals surface area contributed by atoms with Crippen LogP contribution >= 0.6 is 0 Å². The Hall–Kier alpha value is -3.98. The molecule has 1 aliphatic rings. The highest BCUT2D eigenvalue weighted by Crippen LogP contribution is 2.40. The number of rotatable bonds is 13. The van der Waals surface area contributed by atoms with Gasteiger partial charge < -0.3 is 14.2 Å². The Morgan fingerprint density at radius 1 is 0.681 bits per heavy atom. The maximum atomic E-state index is 15.3. The zero-order chi connectivity index (χ0) is 33.6. The molecule has 5 rings (SSSR count). The number of ether oxygens (including phenoxy) is 3. The van der Waals surface area contributed by atoms with Gasteiger partial charge in [0.15, 0.2) is 11.6 Å². The first kappa shape index (κ1) is 34.4. The van der Waals surface area contributed by atoms with E-state index in [2.05, 4.69) is 23.8 Å². The van der Waals surface area contributed by atoms with E-state index in [4.69, 9.17) is 9.47 Å². The van der Waals surface area contributed by atoms with Gasteiger partial charge in [0.25, 0.3) is 0 Å². The minimum absolute atomic E-state index is 0.143. The molecule has 4 aromatic rings. The van der Waals surface area contributed by atoms with Crippen molar-refractivity contribution in [3.63, 3.8) is 0 Å². The Labute approximate surface area is 271 Å². The largest absolute Gasteiger partial charge is 0.491 e. The van der Waals surface area contributed by atoms with E-state index < -0.39 is 40.7 Å². The van der Waals surface area contributed by atoms with Gasteiger partial charge in [-0.2, -0.15) is 8.78 Å². The van der Waals surface area contributed by atoms with Crippen molar-refractivity contribution in [2.45, 2.75) is 64.4 Å². The Morgan fingerprint density at radius 2 is 1.34 bits per heavy atom. The van der Waals surface area contributed by atoms with Gasteiger partial charge in [0.1, 0.15) is 28.8 Å². The highest BCUT2D eigenvalue weighted by Gasteiger charge is 2.41. The van der Waals surface area contributed by atoms with Gasteiger partial charge in [-0.1, -0.05) is 43.3 Å². The predicted molar refractivity (Wildman–Crippen MR) is 170 cm³/mol. The number of alkyl halides is 2. The van der Waals surface area contributed by atoms with E-state index in [0.29, 0.717) is 35.6 Å². The van der Waals surface area contributed by atoms with E-state index in [-0.39, 0.29) is 23.5 Å². The smallest absolute Gasteiger partial charge is 0.432 e. The Balaban J connectivity index is 1.26. The third-order valence-electron chi connectivity index (χ3n) is 8.64. The second kappa shape index (κ2) is 15.3. The van der Waals surface area contributed by atoms with Crippen molar-refractivity contribution in [3.8, 4) is 33.8 Å². The highest BCUT2D eigenvalue weighted by atomic mass is 19.3. The van der Waals surface area contributed by atoms with Crippen LogP contribution in [0.5, 0.6) is 11.5 Å². The fourth-order valence-electron chi connectivity index (χ4n) is 6.18. The molecule has 9 heteroatoms. The molecule has 0 atom stereocenters. The lowest BCUT2D eigenvalue weighted by molar-refractivity contribution is -0.189.